The average Bonchev–Trinajstić information content (AvgIpc) is 2.98. The molecular weight excluding hydrogens is 449 g/mol. The second-order valence-electron chi connectivity index (χ2n) is 6.08. The Morgan fingerprint density at radius 1 is 1.07 bits per heavy atom. The molecular formula is C21H19Cl2NO5S. The molecule has 0 aromatic heterocycles. The minimum Gasteiger partial charge on any atom is -0.493 e. The van der Waals surface area contributed by atoms with Crippen LogP contribution >= 0.6 is 35.0 Å². The lowest BCUT2D eigenvalue weighted by atomic mass is 10.1. The van der Waals surface area contributed by atoms with Gasteiger partial charge in [-0.05, 0) is 54.6 Å². The maximum Gasteiger partial charge on any atom is 0.293 e. The highest BCUT2D eigenvalue weighted by Crippen LogP contribution is 2.39. The first-order chi connectivity index (χ1) is 14.4. The fourth-order valence-electron chi connectivity index (χ4n) is 2.76. The SMILES string of the molecule is CCOc1c(Cl)cc(/C=C2\SC(=O)N(CCOc3ccccc3Cl)C2=O)cc1OC. The smallest absolute Gasteiger partial charge is 0.293 e. The maximum atomic E-state index is 12.7. The van der Waals surface area contributed by atoms with E-state index in [0.717, 1.165) is 16.7 Å². The van der Waals surface area contributed by atoms with Crippen LogP contribution in [0.5, 0.6) is 17.2 Å². The van der Waals surface area contributed by atoms with Crippen molar-refractivity contribution in [2.75, 3.05) is 26.9 Å². The molecule has 2 aromatic rings. The van der Waals surface area contributed by atoms with Crippen LogP contribution in [-0.2, 0) is 4.79 Å². The van der Waals surface area contributed by atoms with Gasteiger partial charge in [0, 0.05) is 0 Å². The quantitative estimate of drug-likeness (QED) is 0.476. The third-order valence-corrected chi connectivity index (χ3v) is 5.62. The van der Waals surface area contributed by atoms with E-state index < -0.39 is 5.91 Å². The third kappa shape index (κ3) is 5.03. The van der Waals surface area contributed by atoms with E-state index in [-0.39, 0.29) is 18.4 Å². The van der Waals surface area contributed by atoms with Gasteiger partial charge >= 0.3 is 0 Å². The summed E-state index contributed by atoms with van der Waals surface area (Å²) in [6.45, 7) is 2.53. The molecule has 0 aliphatic carbocycles. The van der Waals surface area contributed by atoms with E-state index in [1.165, 1.54) is 7.11 Å². The lowest BCUT2D eigenvalue weighted by molar-refractivity contribution is -0.123. The van der Waals surface area contributed by atoms with Crippen LogP contribution in [-0.4, -0.2) is 42.9 Å². The number of para-hydroxylation sites is 1. The topological polar surface area (TPSA) is 65.1 Å². The van der Waals surface area contributed by atoms with Gasteiger partial charge in [0.25, 0.3) is 11.1 Å². The Labute approximate surface area is 188 Å². The first-order valence-corrected chi connectivity index (χ1v) is 10.6. The predicted molar refractivity (Wildman–Crippen MR) is 119 cm³/mol. The van der Waals surface area contributed by atoms with Crippen molar-refractivity contribution >= 4 is 52.2 Å². The van der Waals surface area contributed by atoms with Gasteiger partial charge in [-0.3, -0.25) is 14.5 Å². The summed E-state index contributed by atoms with van der Waals surface area (Å²) >= 11 is 13.2. The largest absolute Gasteiger partial charge is 0.493 e. The molecule has 0 atom stereocenters. The van der Waals surface area contributed by atoms with Gasteiger partial charge in [-0.1, -0.05) is 35.3 Å². The van der Waals surface area contributed by atoms with E-state index in [1.54, 1.807) is 42.5 Å². The second kappa shape index (κ2) is 10.1. The number of methoxy groups -OCH3 is 1. The summed E-state index contributed by atoms with van der Waals surface area (Å²) in [5, 5.41) is 0.459. The number of carbonyl (C=O) groups excluding carboxylic acids is 2. The molecule has 30 heavy (non-hydrogen) atoms. The van der Waals surface area contributed by atoms with Crippen LogP contribution in [0.1, 0.15) is 12.5 Å². The summed E-state index contributed by atoms with van der Waals surface area (Å²) in [6, 6.07) is 10.4. The van der Waals surface area contributed by atoms with Gasteiger partial charge in [0.15, 0.2) is 11.5 Å². The van der Waals surface area contributed by atoms with Gasteiger partial charge in [-0.25, -0.2) is 0 Å². The second-order valence-corrected chi connectivity index (χ2v) is 7.89. The molecule has 158 valence electrons. The van der Waals surface area contributed by atoms with E-state index in [4.69, 9.17) is 37.4 Å². The number of imide groups is 1. The van der Waals surface area contributed by atoms with Gasteiger partial charge < -0.3 is 14.2 Å². The molecule has 0 unspecified atom stereocenters. The monoisotopic (exact) mass is 467 g/mol. The van der Waals surface area contributed by atoms with Crippen LogP contribution in [0, 0.1) is 0 Å². The van der Waals surface area contributed by atoms with Gasteiger partial charge in [0.2, 0.25) is 0 Å². The zero-order valence-electron chi connectivity index (χ0n) is 16.3. The van der Waals surface area contributed by atoms with Crippen LogP contribution in [0.4, 0.5) is 4.79 Å². The zero-order chi connectivity index (χ0) is 21.7. The number of amides is 2. The van der Waals surface area contributed by atoms with Crippen LogP contribution in [0.15, 0.2) is 41.3 Å². The van der Waals surface area contributed by atoms with E-state index >= 15 is 0 Å². The molecule has 1 aliphatic rings. The highest BCUT2D eigenvalue weighted by Gasteiger charge is 2.35. The van der Waals surface area contributed by atoms with Crippen molar-refractivity contribution in [3.63, 3.8) is 0 Å². The molecule has 3 rings (SSSR count). The third-order valence-electron chi connectivity index (χ3n) is 4.12. The average molecular weight is 468 g/mol. The molecule has 0 bridgehead atoms. The molecule has 0 N–H and O–H groups in total. The predicted octanol–water partition coefficient (Wildman–Crippen LogP) is 5.52. The van der Waals surface area contributed by atoms with Crippen molar-refractivity contribution in [3.05, 3.63) is 56.9 Å². The lowest BCUT2D eigenvalue weighted by Crippen LogP contribution is -2.32. The van der Waals surface area contributed by atoms with Gasteiger partial charge in [0.05, 0.1) is 35.2 Å². The number of rotatable bonds is 8. The molecule has 9 heteroatoms. The Bertz CT molecular complexity index is 995. The van der Waals surface area contributed by atoms with Gasteiger partial charge in [-0.2, -0.15) is 0 Å². The number of hydrogen-bond donors (Lipinski definition) is 0. The summed E-state index contributed by atoms with van der Waals surface area (Å²) in [5.74, 6) is 0.987. The molecule has 1 heterocycles. The normalized spacial score (nSPS) is 15.1. The Balaban J connectivity index is 1.71. The minimum atomic E-state index is -0.392. The highest BCUT2D eigenvalue weighted by atomic mass is 35.5. The summed E-state index contributed by atoms with van der Waals surface area (Å²) in [7, 11) is 1.50. The van der Waals surface area contributed by atoms with Crippen LogP contribution in [0.25, 0.3) is 6.08 Å². The Hall–Kier alpha value is -2.35. The molecule has 0 saturated carbocycles. The Kier molecular flexibility index (Phi) is 7.53. The van der Waals surface area contributed by atoms with E-state index in [2.05, 4.69) is 0 Å². The fraction of sp³-hybridized carbons (Fsp3) is 0.238. The highest BCUT2D eigenvalue weighted by molar-refractivity contribution is 8.18. The first kappa shape index (κ1) is 22.3. The summed E-state index contributed by atoms with van der Waals surface area (Å²) in [4.78, 5) is 26.4. The van der Waals surface area contributed by atoms with Crippen LogP contribution in [0.3, 0.4) is 0 Å². The number of ether oxygens (including phenoxy) is 3. The van der Waals surface area contributed by atoms with Crippen molar-refractivity contribution in [1.82, 2.24) is 4.90 Å². The number of halogens is 2. The number of benzene rings is 2. The standard InChI is InChI=1S/C21H19Cl2NO5S/c1-3-28-19-15(23)10-13(11-17(19)27-2)12-18-20(25)24(21(26)30-18)8-9-29-16-7-5-4-6-14(16)22/h4-7,10-12H,3,8-9H2,1-2H3/b18-12-. The molecule has 2 aromatic carbocycles. The van der Waals surface area contributed by atoms with Crippen molar-refractivity contribution in [1.29, 1.82) is 0 Å². The van der Waals surface area contributed by atoms with E-state index in [0.29, 0.717) is 44.4 Å². The minimum absolute atomic E-state index is 0.112. The van der Waals surface area contributed by atoms with Gasteiger partial charge in [0.1, 0.15) is 12.4 Å². The van der Waals surface area contributed by atoms with Crippen molar-refractivity contribution in [2.24, 2.45) is 0 Å². The van der Waals surface area contributed by atoms with Crippen molar-refractivity contribution < 1.29 is 23.8 Å². The first-order valence-electron chi connectivity index (χ1n) is 9.07. The van der Waals surface area contributed by atoms with Crippen molar-refractivity contribution in [2.45, 2.75) is 6.92 Å². The van der Waals surface area contributed by atoms with E-state index in [9.17, 15) is 9.59 Å². The van der Waals surface area contributed by atoms with Crippen LogP contribution in [0.2, 0.25) is 10.0 Å². The molecule has 2 amide bonds. The summed E-state index contributed by atoms with van der Waals surface area (Å²) < 4.78 is 16.4. The lowest BCUT2D eigenvalue weighted by Gasteiger charge is -2.14. The number of thioether (sulfide) groups is 1. The molecule has 1 saturated heterocycles. The van der Waals surface area contributed by atoms with Crippen LogP contribution < -0.4 is 14.2 Å². The fourth-order valence-corrected chi connectivity index (χ4v) is 4.09. The summed E-state index contributed by atoms with van der Waals surface area (Å²) in [5.41, 5.74) is 0.623. The maximum absolute atomic E-state index is 12.7. The Morgan fingerprint density at radius 2 is 1.83 bits per heavy atom. The van der Waals surface area contributed by atoms with E-state index in [1.807, 2.05) is 6.92 Å². The summed E-state index contributed by atoms with van der Waals surface area (Å²) in [6.07, 6.45) is 1.60. The molecule has 6 nitrogen and oxygen atoms in total. The Morgan fingerprint density at radius 3 is 2.53 bits per heavy atom. The number of nitrogens with zero attached hydrogens (tertiary/aromatic N) is 1. The molecule has 1 fully saturated rings. The molecule has 1 aliphatic heterocycles. The number of hydrogen-bond acceptors (Lipinski definition) is 6. The molecule has 0 radical (unpaired) electrons. The number of carbonyl (C=O) groups is 2. The van der Waals surface area contributed by atoms with Gasteiger partial charge in [-0.15, -0.1) is 0 Å². The van der Waals surface area contributed by atoms with Crippen molar-refractivity contribution in [3.8, 4) is 17.2 Å². The zero-order valence-corrected chi connectivity index (χ0v) is 18.6. The molecule has 0 spiro atoms.